The van der Waals surface area contributed by atoms with Gasteiger partial charge in [0.05, 0.1) is 0 Å². The van der Waals surface area contributed by atoms with Gasteiger partial charge in [-0.05, 0) is 12.1 Å². The highest BCUT2D eigenvalue weighted by molar-refractivity contribution is 7.71. The molecule has 0 amide bonds. The van der Waals surface area contributed by atoms with E-state index >= 15 is 0 Å². The van der Waals surface area contributed by atoms with E-state index in [-0.39, 0.29) is 0 Å². The predicted octanol–water partition coefficient (Wildman–Crippen LogP) is 1.41. The quantitative estimate of drug-likeness (QED) is 0.482. The van der Waals surface area contributed by atoms with Gasteiger partial charge < -0.3 is 0 Å². The molecule has 0 aliphatic heterocycles. The van der Waals surface area contributed by atoms with Crippen molar-refractivity contribution < 1.29 is 5.21 Å². The third kappa shape index (κ3) is 1.07. The van der Waals surface area contributed by atoms with Crippen molar-refractivity contribution in [1.82, 2.24) is 4.73 Å². The lowest BCUT2D eigenvalue weighted by Crippen LogP contribution is -1.83. The summed E-state index contributed by atoms with van der Waals surface area (Å²) in [7, 11) is 0. The normalized spacial score (nSPS) is 9.00. The fourth-order valence-electron chi connectivity index (χ4n) is 0.399. The summed E-state index contributed by atoms with van der Waals surface area (Å²) in [5.41, 5.74) is 0. The van der Waals surface area contributed by atoms with Gasteiger partial charge in [-0.2, -0.15) is 5.21 Å². The standard InChI is InChI=1S/C5H4NOS/c7-6-3-1-5(8)2-4-6/h1-4H. The Morgan fingerprint density at radius 2 is 1.88 bits per heavy atom. The van der Waals surface area contributed by atoms with Gasteiger partial charge in [0.15, 0.2) is 0 Å². The van der Waals surface area contributed by atoms with Crippen molar-refractivity contribution in [2.75, 3.05) is 0 Å². The first kappa shape index (κ1) is 5.31. The molecule has 3 heteroatoms. The van der Waals surface area contributed by atoms with Crippen LogP contribution in [0.15, 0.2) is 24.5 Å². The first-order valence-electron chi connectivity index (χ1n) is 2.15. The first-order chi connectivity index (χ1) is 3.79. The topological polar surface area (TPSA) is 24.8 Å². The molecular formula is C5H4NOS. The van der Waals surface area contributed by atoms with Crippen LogP contribution in [0.1, 0.15) is 0 Å². The van der Waals surface area contributed by atoms with E-state index < -0.39 is 0 Å². The minimum Gasteiger partial charge on any atom is -0.167 e. The minimum atomic E-state index is 0.692. The molecule has 2 nitrogen and oxygen atoms in total. The number of rotatable bonds is 0. The third-order valence-corrected chi connectivity index (χ3v) is 1.04. The van der Waals surface area contributed by atoms with Gasteiger partial charge >= 0.3 is 0 Å². The molecule has 0 aliphatic rings. The molecule has 0 unspecified atom stereocenters. The summed E-state index contributed by atoms with van der Waals surface area (Å²) in [6, 6.07) is 3.17. The third-order valence-electron chi connectivity index (χ3n) is 0.771. The molecule has 0 aromatic carbocycles. The predicted molar refractivity (Wildman–Crippen MR) is 31.4 cm³/mol. The molecule has 41 valence electrons. The Hall–Kier alpha value is -0.830. The van der Waals surface area contributed by atoms with Crippen molar-refractivity contribution >= 4 is 12.2 Å². The molecular weight excluding hydrogens is 122 g/mol. The molecule has 0 fully saturated rings. The maximum Gasteiger partial charge on any atom is 0.0496 e. The van der Waals surface area contributed by atoms with Gasteiger partial charge in [0.1, 0.15) is 0 Å². The van der Waals surface area contributed by atoms with E-state index in [0.717, 1.165) is 0 Å². The van der Waals surface area contributed by atoms with Gasteiger partial charge in [-0.1, -0.05) is 12.2 Å². The molecule has 0 spiro atoms. The Labute approximate surface area is 52.0 Å². The maximum atomic E-state index is 10.3. The maximum absolute atomic E-state index is 10.3. The number of hydrogen-bond acceptors (Lipinski definition) is 1. The van der Waals surface area contributed by atoms with Crippen LogP contribution < -0.4 is 0 Å². The molecule has 0 atom stereocenters. The SMILES string of the molecule is [O]n1ccc(=S)cc1. The minimum absolute atomic E-state index is 0.692. The van der Waals surface area contributed by atoms with Crippen molar-refractivity contribution in [3.05, 3.63) is 29.0 Å². The summed E-state index contributed by atoms with van der Waals surface area (Å²) in [5, 5.41) is 10.3. The van der Waals surface area contributed by atoms with Gasteiger partial charge in [0.25, 0.3) is 0 Å². The molecule has 1 radical (unpaired) electrons. The second-order valence-corrected chi connectivity index (χ2v) is 1.87. The number of nitrogens with zero attached hydrogens (tertiary/aromatic N) is 1. The van der Waals surface area contributed by atoms with Crippen LogP contribution in [0, 0.1) is 4.51 Å². The Morgan fingerprint density at radius 3 is 2.25 bits per heavy atom. The summed E-state index contributed by atoms with van der Waals surface area (Å²) >= 11 is 4.72. The van der Waals surface area contributed by atoms with Crippen LogP contribution in [0.4, 0.5) is 0 Å². The molecule has 1 aromatic rings. The molecule has 1 rings (SSSR count). The van der Waals surface area contributed by atoms with E-state index in [1.165, 1.54) is 12.4 Å². The second kappa shape index (κ2) is 1.96. The van der Waals surface area contributed by atoms with Gasteiger partial charge in [-0.3, -0.25) is 0 Å². The Bertz CT molecular complexity index is 210. The molecule has 0 saturated carbocycles. The number of pyridine rings is 1. The summed E-state index contributed by atoms with van der Waals surface area (Å²) < 4.78 is 1.40. The van der Waals surface area contributed by atoms with Crippen LogP contribution >= 0.6 is 12.2 Å². The van der Waals surface area contributed by atoms with Gasteiger partial charge in [0.2, 0.25) is 0 Å². The lowest BCUT2D eigenvalue weighted by molar-refractivity contribution is 0.0891. The van der Waals surface area contributed by atoms with Crippen molar-refractivity contribution in [2.24, 2.45) is 0 Å². The molecule has 0 saturated heterocycles. The number of hydrogen-bond donors (Lipinski definition) is 0. The largest absolute Gasteiger partial charge is 0.167 e. The van der Waals surface area contributed by atoms with Crippen LogP contribution in [0.25, 0.3) is 0 Å². The highest BCUT2D eigenvalue weighted by Crippen LogP contribution is 1.87. The van der Waals surface area contributed by atoms with Crippen molar-refractivity contribution in [3.8, 4) is 0 Å². The van der Waals surface area contributed by atoms with Gasteiger partial charge in [-0.25, -0.2) is 0 Å². The van der Waals surface area contributed by atoms with E-state index in [1.54, 1.807) is 12.1 Å². The molecule has 0 N–H and O–H groups in total. The average Bonchev–Trinajstić information content (AvgIpc) is 1.77. The van der Waals surface area contributed by atoms with E-state index in [2.05, 4.69) is 0 Å². The summed E-state index contributed by atoms with van der Waals surface area (Å²) in [6.07, 6.45) is 2.75. The summed E-state index contributed by atoms with van der Waals surface area (Å²) in [5.74, 6) is 0. The Kier molecular flexibility index (Phi) is 1.30. The van der Waals surface area contributed by atoms with Crippen molar-refractivity contribution in [2.45, 2.75) is 0 Å². The lowest BCUT2D eigenvalue weighted by atomic mass is 10.5. The van der Waals surface area contributed by atoms with Crippen molar-refractivity contribution in [3.63, 3.8) is 0 Å². The molecule has 0 aliphatic carbocycles. The summed E-state index contributed by atoms with van der Waals surface area (Å²) in [4.78, 5) is 0. The molecule has 1 heterocycles. The first-order valence-corrected chi connectivity index (χ1v) is 2.56. The Morgan fingerprint density at radius 1 is 1.38 bits per heavy atom. The van der Waals surface area contributed by atoms with E-state index in [9.17, 15) is 5.21 Å². The highest BCUT2D eigenvalue weighted by Gasteiger charge is 1.77. The van der Waals surface area contributed by atoms with Crippen molar-refractivity contribution in [1.29, 1.82) is 0 Å². The molecule has 1 aromatic heterocycles. The van der Waals surface area contributed by atoms with E-state index in [0.29, 0.717) is 9.24 Å². The fraction of sp³-hybridized carbons (Fsp3) is 0. The van der Waals surface area contributed by atoms with Crippen LogP contribution in [-0.2, 0) is 5.21 Å². The smallest absolute Gasteiger partial charge is 0.0496 e. The lowest BCUT2D eigenvalue weighted by Gasteiger charge is -1.84. The van der Waals surface area contributed by atoms with Gasteiger partial charge in [-0.15, -0.1) is 4.73 Å². The number of aromatic nitrogens is 1. The zero-order valence-electron chi connectivity index (χ0n) is 4.07. The zero-order valence-corrected chi connectivity index (χ0v) is 4.89. The summed E-state index contributed by atoms with van der Waals surface area (Å²) in [6.45, 7) is 0. The van der Waals surface area contributed by atoms with E-state index in [1.807, 2.05) is 0 Å². The van der Waals surface area contributed by atoms with Crippen LogP contribution in [0.3, 0.4) is 0 Å². The van der Waals surface area contributed by atoms with Crippen LogP contribution in [0.2, 0.25) is 0 Å². The van der Waals surface area contributed by atoms with E-state index in [4.69, 9.17) is 12.2 Å². The molecule has 0 bridgehead atoms. The molecule has 8 heavy (non-hydrogen) atoms. The second-order valence-electron chi connectivity index (χ2n) is 1.39. The van der Waals surface area contributed by atoms with Crippen LogP contribution in [-0.4, -0.2) is 4.73 Å². The average molecular weight is 126 g/mol. The monoisotopic (exact) mass is 126 g/mol. The van der Waals surface area contributed by atoms with Gasteiger partial charge in [0, 0.05) is 16.9 Å². The van der Waals surface area contributed by atoms with Crippen LogP contribution in [0.5, 0.6) is 0 Å². The Balaban J connectivity index is 3.22. The highest BCUT2D eigenvalue weighted by atomic mass is 32.1. The zero-order chi connectivity index (χ0) is 5.98. The fourth-order valence-corrected chi connectivity index (χ4v) is 0.521.